The summed E-state index contributed by atoms with van der Waals surface area (Å²) in [5, 5.41) is 3.57. The van der Waals surface area contributed by atoms with Crippen LogP contribution in [0.5, 0.6) is 0 Å². The van der Waals surface area contributed by atoms with Crippen molar-refractivity contribution in [1.29, 1.82) is 0 Å². The number of halogens is 1. The molecule has 1 aromatic carbocycles. The van der Waals surface area contributed by atoms with Gasteiger partial charge < -0.3 is 15.8 Å². The Morgan fingerprint density at radius 2 is 2.14 bits per heavy atom. The number of benzene rings is 1. The van der Waals surface area contributed by atoms with Crippen molar-refractivity contribution in [2.24, 2.45) is 5.73 Å². The molecule has 1 amide bonds. The van der Waals surface area contributed by atoms with Crippen molar-refractivity contribution in [3.63, 3.8) is 0 Å². The molecular weight excluding hydrogens is 308 g/mol. The van der Waals surface area contributed by atoms with Crippen LogP contribution in [0, 0.1) is 0 Å². The number of hydrogen-bond acceptors (Lipinski definition) is 4. The third kappa shape index (κ3) is 6.70. The molecule has 0 aromatic heterocycles. The van der Waals surface area contributed by atoms with Gasteiger partial charge in [0.2, 0.25) is 5.91 Å². The van der Waals surface area contributed by atoms with Crippen molar-refractivity contribution >= 4 is 35.8 Å². The summed E-state index contributed by atoms with van der Waals surface area (Å²) in [7, 11) is 0. The Kier molecular flexibility index (Phi) is 8.76. The van der Waals surface area contributed by atoms with E-state index in [0.29, 0.717) is 18.2 Å². The van der Waals surface area contributed by atoms with Crippen molar-refractivity contribution in [3.8, 4) is 0 Å². The molecule has 118 valence electrons. The third-order valence-electron chi connectivity index (χ3n) is 3.24. The molecule has 1 fully saturated rings. The Bertz CT molecular complexity index is 439. The number of amides is 1. The number of carbonyl (C=O) groups is 1. The molecule has 4 nitrogen and oxygen atoms in total. The highest BCUT2D eigenvalue weighted by molar-refractivity contribution is 7.99. The largest absolute Gasteiger partial charge is 0.381 e. The van der Waals surface area contributed by atoms with Crippen LogP contribution >= 0.6 is 24.2 Å². The topological polar surface area (TPSA) is 64.4 Å². The first kappa shape index (κ1) is 18.3. The number of anilines is 1. The maximum atomic E-state index is 11.5. The third-order valence-corrected chi connectivity index (χ3v) is 4.68. The van der Waals surface area contributed by atoms with Gasteiger partial charge >= 0.3 is 0 Å². The maximum Gasteiger partial charge on any atom is 0.225 e. The van der Waals surface area contributed by atoms with Gasteiger partial charge in [-0.1, -0.05) is 12.1 Å². The average Bonchev–Trinajstić information content (AvgIpc) is 2.47. The minimum Gasteiger partial charge on any atom is -0.381 e. The van der Waals surface area contributed by atoms with Crippen LogP contribution in [0.1, 0.15) is 24.8 Å². The number of ether oxygens (including phenoxy) is 1. The SMILES string of the molecule is Cl.NCCC(=O)Nc1cccc(CSC2CCOCC2)c1. The minimum atomic E-state index is -0.0262. The molecule has 1 heterocycles. The zero-order chi connectivity index (χ0) is 14.2. The molecule has 0 saturated carbocycles. The summed E-state index contributed by atoms with van der Waals surface area (Å²) < 4.78 is 5.37. The van der Waals surface area contributed by atoms with Gasteiger partial charge in [0.1, 0.15) is 0 Å². The van der Waals surface area contributed by atoms with Crippen LogP contribution in [0.2, 0.25) is 0 Å². The molecule has 0 bridgehead atoms. The smallest absolute Gasteiger partial charge is 0.225 e. The summed E-state index contributed by atoms with van der Waals surface area (Å²) >= 11 is 1.98. The number of nitrogens with one attached hydrogen (secondary N) is 1. The monoisotopic (exact) mass is 330 g/mol. The Hall–Kier alpha value is -0.750. The lowest BCUT2D eigenvalue weighted by molar-refractivity contribution is -0.116. The normalized spacial score (nSPS) is 15.3. The van der Waals surface area contributed by atoms with Gasteiger partial charge in [0.05, 0.1) is 0 Å². The van der Waals surface area contributed by atoms with Crippen molar-refractivity contribution in [2.75, 3.05) is 25.1 Å². The van der Waals surface area contributed by atoms with Crippen LogP contribution in [0.25, 0.3) is 0 Å². The molecule has 1 aliphatic heterocycles. The summed E-state index contributed by atoms with van der Waals surface area (Å²) in [6.45, 7) is 2.14. The van der Waals surface area contributed by atoms with Crippen LogP contribution in [0.4, 0.5) is 5.69 Å². The van der Waals surface area contributed by atoms with E-state index in [1.54, 1.807) is 0 Å². The predicted molar refractivity (Wildman–Crippen MR) is 91.1 cm³/mol. The van der Waals surface area contributed by atoms with Gasteiger partial charge in [0, 0.05) is 42.9 Å². The van der Waals surface area contributed by atoms with Gasteiger partial charge in [0.15, 0.2) is 0 Å². The number of rotatable bonds is 6. The summed E-state index contributed by atoms with van der Waals surface area (Å²) in [6, 6.07) is 8.04. The van der Waals surface area contributed by atoms with Crippen LogP contribution < -0.4 is 11.1 Å². The fraction of sp³-hybridized carbons (Fsp3) is 0.533. The Balaban J connectivity index is 0.00000220. The van der Waals surface area contributed by atoms with E-state index in [-0.39, 0.29) is 18.3 Å². The van der Waals surface area contributed by atoms with Gasteiger partial charge in [0.25, 0.3) is 0 Å². The van der Waals surface area contributed by atoms with E-state index in [9.17, 15) is 4.79 Å². The molecule has 3 N–H and O–H groups in total. The average molecular weight is 331 g/mol. The Morgan fingerprint density at radius 3 is 2.86 bits per heavy atom. The van der Waals surface area contributed by atoms with Crippen LogP contribution in [0.15, 0.2) is 24.3 Å². The summed E-state index contributed by atoms with van der Waals surface area (Å²) in [6.07, 6.45) is 2.64. The van der Waals surface area contributed by atoms with Crippen molar-refractivity contribution in [3.05, 3.63) is 29.8 Å². The van der Waals surface area contributed by atoms with Crippen LogP contribution in [-0.2, 0) is 15.3 Å². The highest BCUT2D eigenvalue weighted by atomic mass is 35.5. The van der Waals surface area contributed by atoms with E-state index in [2.05, 4.69) is 11.4 Å². The number of nitrogens with two attached hydrogens (primary N) is 1. The van der Waals surface area contributed by atoms with Gasteiger partial charge in [-0.15, -0.1) is 12.4 Å². The predicted octanol–water partition coefficient (Wildman–Crippen LogP) is 2.81. The fourth-order valence-corrected chi connectivity index (χ4v) is 3.28. The number of thioether (sulfide) groups is 1. The van der Waals surface area contributed by atoms with Crippen molar-refractivity contribution in [1.82, 2.24) is 0 Å². The molecule has 1 aromatic rings. The Morgan fingerprint density at radius 1 is 1.38 bits per heavy atom. The molecule has 6 heteroatoms. The van der Waals surface area contributed by atoms with Crippen molar-refractivity contribution < 1.29 is 9.53 Å². The zero-order valence-electron chi connectivity index (χ0n) is 12.0. The van der Waals surface area contributed by atoms with Crippen molar-refractivity contribution in [2.45, 2.75) is 30.3 Å². The molecule has 0 aliphatic carbocycles. The molecular formula is C15H23ClN2O2S. The first-order valence-corrected chi connectivity index (χ1v) is 8.11. The first-order chi connectivity index (χ1) is 9.78. The van der Waals surface area contributed by atoms with Gasteiger partial charge in [-0.3, -0.25) is 4.79 Å². The highest BCUT2D eigenvalue weighted by Crippen LogP contribution is 2.26. The van der Waals surface area contributed by atoms with Gasteiger partial charge in [-0.05, 0) is 30.5 Å². The van der Waals surface area contributed by atoms with Gasteiger partial charge in [-0.2, -0.15) is 11.8 Å². The highest BCUT2D eigenvalue weighted by Gasteiger charge is 2.14. The van der Waals surface area contributed by atoms with Crippen LogP contribution in [0.3, 0.4) is 0 Å². The Labute approximate surface area is 136 Å². The molecule has 0 unspecified atom stereocenters. The second-order valence-electron chi connectivity index (χ2n) is 4.91. The maximum absolute atomic E-state index is 11.5. The fourth-order valence-electron chi connectivity index (χ4n) is 2.15. The number of hydrogen-bond donors (Lipinski definition) is 2. The quantitative estimate of drug-likeness (QED) is 0.841. The van der Waals surface area contributed by atoms with E-state index >= 15 is 0 Å². The van der Waals surface area contributed by atoms with E-state index in [4.69, 9.17) is 10.5 Å². The second kappa shape index (κ2) is 10.1. The standard InChI is InChI=1S/C15H22N2O2S.ClH/c16-7-4-15(18)17-13-3-1-2-12(10-13)11-20-14-5-8-19-9-6-14;/h1-3,10,14H,4-9,11,16H2,(H,17,18);1H. The summed E-state index contributed by atoms with van der Waals surface area (Å²) in [5.41, 5.74) is 7.47. The molecule has 1 aliphatic rings. The van der Waals surface area contributed by atoms with Gasteiger partial charge in [-0.25, -0.2) is 0 Å². The molecule has 1 saturated heterocycles. The zero-order valence-corrected chi connectivity index (χ0v) is 13.7. The minimum absolute atomic E-state index is 0. The molecule has 0 atom stereocenters. The van der Waals surface area contributed by atoms with E-state index < -0.39 is 0 Å². The number of carbonyl (C=O) groups excluding carboxylic acids is 1. The van der Waals surface area contributed by atoms with Crippen LogP contribution in [-0.4, -0.2) is 30.9 Å². The van der Waals surface area contributed by atoms with E-state index in [0.717, 1.165) is 37.5 Å². The first-order valence-electron chi connectivity index (χ1n) is 7.06. The lowest BCUT2D eigenvalue weighted by atomic mass is 10.2. The van der Waals surface area contributed by atoms with E-state index in [1.165, 1.54) is 5.56 Å². The molecule has 0 spiro atoms. The molecule has 2 rings (SSSR count). The molecule has 21 heavy (non-hydrogen) atoms. The summed E-state index contributed by atoms with van der Waals surface area (Å²) in [4.78, 5) is 11.5. The van der Waals surface area contributed by atoms with E-state index in [1.807, 2.05) is 30.0 Å². The molecule has 0 radical (unpaired) electrons. The second-order valence-corrected chi connectivity index (χ2v) is 6.20. The lowest BCUT2D eigenvalue weighted by Gasteiger charge is -2.21. The summed E-state index contributed by atoms with van der Waals surface area (Å²) in [5.74, 6) is 0.951. The lowest BCUT2D eigenvalue weighted by Crippen LogP contribution is -2.17.